The summed E-state index contributed by atoms with van der Waals surface area (Å²) in [5.41, 5.74) is 1.89. The van der Waals surface area contributed by atoms with E-state index in [2.05, 4.69) is 5.10 Å². The number of rotatable bonds is 6. The lowest BCUT2D eigenvalue weighted by atomic mass is 10.2. The van der Waals surface area contributed by atoms with Crippen molar-refractivity contribution in [2.24, 2.45) is 0 Å². The van der Waals surface area contributed by atoms with Crippen LogP contribution < -0.4 is 0 Å². The van der Waals surface area contributed by atoms with Crippen LogP contribution in [0.2, 0.25) is 5.02 Å². The van der Waals surface area contributed by atoms with E-state index in [1.54, 1.807) is 10.9 Å². The number of carbonyl (C=O) groups is 1. The first-order valence-electron chi connectivity index (χ1n) is 6.71. The molecule has 112 valence electrons. The van der Waals surface area contributed by atoms with Gasteiger partial charge in [0.15, 0.2) is 0 Å². The quantitative estimate of drug-likeness (QED) is 0.891. The maximum Gasteiger partial charge on any atom is 0.317 e. The molecular formula is C15H18ClN3O2. The molecule has 6 heteroatoms. The molecule has 0 fully saturated rings. The minimum Gasteiger partial charge on any atom is -0.480 e. The highest BCUT2D eigenvalue weighted by Crippen LogP contribution is 2.14. The van der Waals surface area contributed by atoms with Gasteiger partial charge < -0.3 is 5.11 Å². The Balaban J connectivity index is 2.11. The van der Waals surface area contributed by atoms with E-state index in [4.69, 9.17) is 16.7 Å². The van der Waals surface area contributed by atoms with Crippen LogP contribution >= 0.6 is 11.6 Å². The largest absolute Gasteiger partial charge is 0.480 e. The molecular weight excluding hydrogens is 290 g/mol. The van der Waals surface area contributed by atoms with Crippen molar-refractivity contribution < 1.29 is 9.90 Å². The van der Waals surface area contributed by atoms with Crippen LogP contribution in [0.3, 0.4) is 0 Å². The van der Waals surface area contributed by atoms with Crippen molar-refractivity contribution in [3.63, 3.8) is 0 Å². The summed E-state index contributed by atoms with van der Waals surface area (Å²) in [6, 6.07) is 7.54. The summed E-state index contributed by atoms with van der Waals surface area (Å²) in [6.45, 7) is 4.53. The van der Waals surface area contributed by atoms with E-state index in [1.165, 1.54) is 0 Å². The Kier molecular flexibility index (Phi) is 4.98. The molecule has 0 aliphatic heterocycles. The average Bonchev–Trinajstić information content (AvgIpc) is 2.87. The van der Waals surface area contributed by atoms with Crippen LogP contribution in [0.15, 0.2) is 36.7 Å². The molecule has 0 saturated carbocycles. The first kappa shape index (κ1) is 15.5. The van der Waals surface area contributed by atoms with Crippen LogP contribution in [-0.2, 0) is 11.3 Å². The van der Waals surface area contributed by atoms with Crippen LogP contribution in [0.25, 0.3) is 5.69 Å². The van der Waals surface area contributed by atoms with Gasteiger partial charge >= 0.3 is 5.97 Å². The van der Waals surface area contributed by atoms with Gasteiger partial charge in [0, 0.05) is 29.4 Å². The van der Waals surface area contributed by atoms with Crippen LogP contribution in [0.1, 0.15) is 19.4 Å². The molecule has 1 aromatic heterocycles. The van der Waals surface area contributed by atoms with Gasteiger partial charge in [-0.25, -0.2) is 4.68 Å². The van der Waals surface area contributed by atoms with E-state index < -0.39 is 5.97 Å². The summed E-state index contributed by atoms with van der Waals surface area (Å²) in [4.78, 5) is 12.8. The maximum atomic E-state index is 10.9. The second-order valence-corrected chi connectivity index (χ2v) is 5.60. The van der Waals surface area contributed by atoms with E-state index in [0.717, 1.165) is 11.3 Å². The predicted octanol–water partition coefficient (Wildman–Crippen LogP) is 2.82. The number of halogens is 1. The molecule has 1 aromatic carbocycles. The normalized spacial score (nSPS) is 11.3. The molecule has 5 nitrogen and oxygen atoms in total. The van der Waals surface area contributed by atoms with Gasteiger partial charge in [-0.1, -0.05) is 11.6 Å². The Morgan fingerprint density at radius 2 is 2.05 bits per heavy atom. The molecule has 0 aliphatic carbocycles. The van der Waals surface area contributed by atoms with E-state index >= 15 is 0 Å². The molecule has 0 aliphatic rings. The van der Waals surface area contributed by atoms with Crippen molar-refractivity contribution >= 4 is 17.6 Å². The van der Waals surface area contributed by atoms with E-state index in [1.807, 2.05) is 49.2 Å². The minimum atomic E-state index is -0.825. The standard InChI is InChI=1S/C15H18ClN3O2/c1-11(2)18(10-15(20)21)8-12-7-17-19(9-12)14-5-3-13(16)4-6-14/h3-7,9,11H,8,10H2,1-2H3,(H,20,21). The molecule has 0 spiro atoms. The van der Waals surface area contributed by atoms with Crippen molar-refractivity contribution in [3.8, 4) is 5.69 Å². The van der Waals surface area contributed by atoms with Crippen LogP contribution in [0.4, 0.5) is 0 Å². The third-order valence-corrected chi connectivity index (χ3v) is 3.43. The third-order valence-electron chi connectivity index (χ3n) is 3.18. The van der Waals surface area contributed by atoms with Crippen LogP contribution in [0, 0.1) is 0 Å². The molecule has 0 atom stereocenters. The lowest BCUT2D eigenvalue weighted by molar-refractivity contribution is -0.138. The lowest BCUT2D eigenvalue weighted by Crippen LogP contribution is -2.34. The fourth-order valence-electron chi connectivity index (χ4n) is 2.01. The molecule has 1 N–H and O–H groups in total. The average molecular weight is 308 g/mol. The summed E-state index contributed by atoms with van der Waals surface area (Å²) in [5.74, 6) is -0.825. The van der Waals surface area contributed by atoms with Crippen molar-refractivity contribution in [2.45, 2.75) is 26.4 Å². The summed E-state index contributed by atoms with van der Waals surface area (Å²) in [5, 5.41) is 13.9. The highest BCUT2D eigenvalue weighted by molar-refractivity contribution is 6.30. The molecule has 1 heterocycles. The molecule has 2 rings (SSSR count). The van der Waals surface area contributed by atoms with Gasteiger partial charge in [-0.05, 0) is 38.1 Å². The fraction of sp³-hybridized carbons (Fsp3) is 0.333. The van der Waals surface area contributed by atoms with Gasteiger partial charge in [0.1, 0.15) is 0 Å². The topological polar surface area (TPSA) is 58.4 Å². The number of aliphatic carboxylic acids is 1. The third kappa shape index (κ3) is 4.31. The molecule has 0 amide bonds. The smallest absolute Gasteiger partial charge is 0.317 e. The van der Waals surface area contributed by atoms with E-state index in [0.29, 0.717) is 11.6 Å². The van der Waals surface area contributed by atoms with Gasteiger partial charge in [-0.15, -0.1) is 0 Å². The zero-order valence-corrected chi connectivity index (χ0v) is 12.8. The number of nitrogens with zero attached hydrogens (tertiary/aromatic N) is 3. The summed E-state index contributed by atoms with van der Waals surface area (Å²) < 4.78 is 1.75. The zero-order valence-electron chi connectivity index (χ0n) is 12.0. The van der Waals surface area contributed by atoms with E-state index in [-0.39, 0.29) is 12.6 Å². The maximum absolute atomic E-state index is 10.9. The summed E-state index contributed by atoms with van der Waals surface area (Å²) in [7, 11) is 0. The van der Waals surface area contributed by atoms with Crippen molar-refractivity contribution in [1.82, 2.24) is 14.7 Å². The second kappa shape index (κ2) is 6.74. The van der Waals surface area contributed by atoms with Crippen molar-refractivity contribution in [1.29, 1.82) is 0 Å². The Bertz CT molecular complexity index is 608. The highest BCUT2D eigenvalue weighted by Gasteiger charge is 2.14. The molecule has 21 heavy (non-hydrogen) atoms. The van der Waals surface area contributed by atoms with Gasteiger partial charge in [0.05, 0.1) is 18.4 Å². The SMILES string of the molecule is CC(C)N(CC(=O)O)Cc1cnn(-c2ccc(Cl)cc2)c1. The van der Waals surface area contributed by atoms with Crippen molar-refractivity contribution in [3.05, 3.63) is 47.2 Å². The monoisotopic (exact) mass is 307 g/mol. The minimum absolute atomic E-state index is 0.0177. The highest BCUT2D eigenvalue weighted by atomic mass is 35.5. The predicted molar refractivity (Wildman–Crippen MR) is 81.8 cm³/mol. The van der Waals surface area contributed by atoms with Gasteiger partial charge in [0.2, 0.25) is 0 Å². The molecule has 0 bridgehead atoms. The first-order chi connectivity index (χ1) is 9.95. The second-order valence-electron chi connectivity index (χ2n) is 5.16. The van der Waals surface area contributed by atoms with Crippen LogP contribution in [0.5, 0.6) is 0 Å². The number of carboxylic acids is 1. The molecule has 2 aromatic rings. The molecule has 0 unspecified atom stereocenters. The van der Waals surface area contributed by atoms with Gasteiger partial charge in [-0.3, -0.25) is 9.69 Å². The summed E-state index contributed by atoms with van der Waals surface area (Å²) >= 11 is 5.86. The summed E-state index contributed by atoms with van der Waals surface area (Å²) in [6.07, 6.45) is 3.66. The Morgan fingerprint density at radius 1 is 1.38 bits per heavy atom. The molecule has 0 saturated heterocycles. The fourth-order valence-corrected chi connectivity index (χ4v) is 2.13. The Labute approximate surface area is 128 Å². The number of hydrogen-bond donors (Lipinski definition) is 1. The van der Waals surface area contributed by atoms with Gasteiger partial charge in [0.25, 0.3) is 0 Å². The zero-order chi connectivity index (χ0) is 15.4. The van der Waals surface area contributed by atoms with Gasteiger partial charge in [-0.2, -0.15) is 5.10 Å². The Hall–Kier alpha value is -1.85. The van der Waals surface area contributed by atoms with Crippen molar-refractivity contribution in [2.75, 3.05) is 6.54 Å². The number of hydrogen-bond acceptors (Lipinski definition) is 3. The molecule has 0 radical (unpaired) electrons. The van der Waals surface area contributed by atoms with Crippen LogP contribution in [-0.4, -0.2) is 38.3 Å². The number of carboxylic acid groups (broad SMARTS) is 1. The first-order valence-corrected chi connectivity index (χ1v) is 7.09. The number of benzene rings is 1. The lowest BCUT2D eigenvalue weighted by Gasteiger charge is -2.23. The van der Waals surface area contributed by atoms with E-state index in [9.17, 15) is 4.79 Å². The number of aromatic nitrogens is 2. The Morgan fingerprint density at radius 3 is 2.62 bits per heavy atom.